The number of hydrogen-bond acceptors (Lipinski definition) is 5. The minimum atomic E-state index is -0.157. The van der Waals surface area contributed by atoms with E-state index in [1.54, 1.807) is 17.6 Å². The smallest absolute Gasteiger partial charge is 0.246 e. The van der Waals surface area contributed by atoms with E-state index in [1.165, 1.54) is 21.8 Å². The van der Waals surface area contributed by atoms with Gasteiger partial charge in [0.2, 0.25) is 5.91 Å². The third-order valence-electron chi connectivity index (χ3n) is 3.04. The van der Waals surface area contributed by atoms with Crippen molar-refractivity contribution in [3.05, 3.63) is 63.4 Å². The number of aromatic nitrogens is 1. The van der Waals surface area contributed by atoms with Crippen LogP contribution in [0.15, 0.2) is 52.9 Å². The lowest BCUT2D eigenvalue weighted by molar-refractivity contribution is -0.120. The zero-order valence-corrected chi connectivity index (χ0v) is 14.2. The molecule has 3 aromatic rings. The lowest BCUT2D eigenvalue weighted by Gasteiger charge is -1.96. The summed E-state index contributed by atoms with van der Waals surface area (Å²) in [6.45, 7) is 1.91. The SMILES string of the molecule is Cc1csc(CC(=O)N/N=C\c2ccc(-c3ccccc3)s2)n1. The van der Waals surface area contributed by atoms with Crippen molar-refractivity contribution in [2.24, 2.45) is 5.10 Å². The number of rotatable bonds is 5. The number of nitrogens with zero attached hydrogens (tertiary/aromatic N) is 2. The Kier molecular flexibility index (Phi) is 4.95. The van der Waals surface area contributed by atoms with E-state index in [-0.39, 0.29) is 12.3 Å². The van der Waals surface area contributed by atoms with Gasteiger partial charge in [-0.1, -0.05) is 30.3 Å². The molecule has 1 aromatic carbocycles. The van der Waals surface area contributed by atoms with Crippen molar-refractivity contribution in [1.29, 1.82) is 0 Å². The number of aryl methyl sites for hydroxylation is 1. The number of amides is 1. The van der Waals surface area contributed by atoms with E-state index < -0.39 is 0 Å². The van der Waals surface area contributed by atoms with Gasteiger partial charge in [-0.15, -0.1) is 22.7 Å². The molecule has 0 unspecified atom stereocenters. The van der Waals surface area contributed by atoms with Crippen LogP contribution in [0.4, 0.5) is 0 Å². The van der Waals surface area contributed by atoms with Crippen molar-refractivity contribution in [1.82, 2.24) is 10.4 Å². The molecular formula is C17H15N3OS2. The summed E-state index contributed by atoms with van der Waals surface area (Å²) in [5.74, 6) is -0.157. The van der Waals surface area contributed by atoms with Crippen molar-refractivity contribution in [2.45, 2.75) is 13.3 Å². The summed E-state index contributed by atoms with van der Waals surface area (Å²) in [4.78, 5) is 18.2. The van der Waals surface area contributed by atoms with Crippen LogP contribution in [0.2, 0.25) is 0 Å². The van der Waals surface area contributed by atoms with Gasteiger partial charge in [-0.2, -0.15) is 5.10 Å². The summed E-state index contributed by atoms with van der Waals surface area (Å²) in [7, 11) is 0. The van der Waals surface area contributed by atoms with Gasteiger partial charge < -0.3 is 0 Å². The number of benzene rings is 1. The molecule has 0 spiro atoms. The molecule has 0 bridgehead atoms. The molecule has 0 aliphatic heterocycles. The summed E-state index contributed by atoms with van der Waals surface area (Å²) in [6, 6.07) is 14.2. The van der Waals surface area contributed by atoms with Crippen LogP contribution in [0, 0.1) is 6.92 Å². The zero-order valence-electron chi connectivity index (χ0n) is 12.5. The number of hydrogen-bond donors (Lipinski definition) is 1. The highest BCUT2D eigenvalue weighted by Gasteiger charge is 2.05. The predicted octanol–water partition coefficient (Wildman–Crippen LogP) is 3.87. The van der Waals surface area contributed by atoms with Crippen LogP contribution in [-0.4, -0.2) is 17.1 Å². The number of hydrazone groups is 1. The number of thiophene rings is 1. The maximum Gasteiger partial charge on any atom is 0.246 e. The molecule has 0 aliphatic rings. The lowest BCUT2D eigenvalue weighted by Crippen LogP contribution is -2.19. The molecule has 23 heavy (non-hydrogen) atoms. The van der Waals surface area contributed by atoms with E-state index in [0.29, 0.717) is 0 Å². The van der Waals surface area contributed by atoms with Crippen molar-refractivity contribution in [3.63, 3.8) is 0 Å². The summed E-state index contributed by atoms with van der Waals surface area (Å²) in [5, 5.41) is 6.75. The monoisotopic (exact) mass is 341 g/mol. The van der Waals surface area contributed by atoms with Crippen LogP contribution in [0.5, 0.6) is 0 Å². The maximum absolute atomic E-state index is 11.8. The van der Waals surface area contributed by atoms with Crippen molar-refractivity contribution < 1.29 is 4.79 Å². The van der Waals surface area contributed by atoms with Gasteiger partial charge in [0, 0.05) is 20.8 Å². The average molecular weight is 341 g/mol. The quantitative estimate of drug-likeness (QED) is 0.566. The molecule has 6 heteroatoms. The standard InChI is InChI=1S/C17H15N3OS2/c1-12-11-22-17(19-12)9-16(21)20-18-10-14-7-8-15(23-14)13-5-3-2-4-6-13/h2-8,10-11H,9H2,1H3,(H,20,21)/b18-10-. The Labute approximate surface area is 142 Å². The van der Waals surface area contributed by atoms with E-state index in [9.17, 15) is 4.79 Å². The largest absolute Gasteiger partial charge is 0.273 e. The second-order valence-electron chi connectivity index (χ2n) is 4.92. The van der Waals surface area contributed by atoms with Gasteiger partial charge in [0.1, 0.15) is 5.01 Å². The van der Waals surface area contributed by atoms with Gasteiger partial charge >= 0.3 is 0 Å². The highest BCUT2D eigenvalue weighted by molar-refractivity contribution is 7.17. The van der Waals surface area contributed by atoms with Crippen LogP contribution in [0.1, 0.15) is 15.6 Å². The predicted molar refractivity (Wildman–Crippen MR) is 96.0 cm³/mol. The minimum absolute atomic E-state index is 0.157. The molecule has 0 atom stereocenters. The Morgan fingerprint density at radius 2 is 2.09 bits per heavy atom. The minimum Gasteiger partial charge on any atom is -0.273 e. The Balaban J connectivity index is 1.56. The third kappa shape index (κ3) is 4.34. The Hall–Kier alpha value is -2.31. The van der Waals surface area contributed by atoms with Crippen LogP contribution >= 0.6 is 22.7 Å². The van der Waals surface area contributed by atoms with Crippen molar-refractivity contribution in [2.75, 3.05) is 0 Å². The molecule has 0 saturated carbocycles. The van der Waals surface area contributed by atoms with Crippen molar-refractivity contribution in [3.8, 4) is 10.4 Å². The first-order chi connectivity index (χ1) is 11.2. The maximum atomic E-state index is 11.8. The first-order valence-corrected chi connectivity index (χ1v) is 8.78. The molecule has 0 saturated heterocycles. The number of carbonyl (C=O) groups is 1. The van der Waals surface area contributed by atoms with Crippen LogP contribution in [0.25, 0.3) is 10.4 Å². The van der Waals surface area contributed by atoms with E-state index in [0.717, 1.165) is 15.6 Å². The molecule has 2 heterocycles. The van der Waals surface area contributed by atoms with Gasteiger partial charge in [-0.05, 0) is 24.6 Å². The summed E-state index contributed by atoms with van der Waals surface area (Å²) < 4.78 is 0. The lowest BCUT2D eigenvalue weighted by atomic mass is 10.2. The van der Waals surface area contributed by atoms with E-state index in [2.05, 4.69) is 33.7 Å². The number of carbonyl (C=O) groups excluding carboxylic acids is 1. The Morgan fingerprint density at radius 3 is 2.83 bits per heavy atom. The Bertz CT molecular complexity index is 821. The zero-order chi connectivity index (χ0) is 16.1. The summed E-state index contributed by atoms with van der Waals surface area (Å²) in [6.07, 6.45) is 1.93. The number of thiazole rings is 1. The van der Waals surface area contributed by atoms with Gasteiger partial charge in [0.05, 0.1) is 12.6 Å². The van der Waals surface area contributed by atoms with Gasteiger partial charge in [0.25, 0.3) is 0 Å². The van der Waals surface area contributed by atoms with E-state index in [1.807, 2.05) is 36.6 Å². The topological polar surface area (TPSA) is 54.4 Å². The first-order valence-electron chi connectivity index (χ1n) is 7.09. The third-order valence-corrected chi connectivity index (χ3v) is 5.08. The fraction of sp³-hybridized carbons (Fsp3) is 0.118. The normalized spacial score (nSPS) is 11.0. The molecule has 4 nitrogen and oxygen atoms in total. The Morgan fingerprint density at radius 1 is 1.26 bits per heavy atom. The molecule has 116 valence electrons. The molecule has 0 radical (unpaired) electrons. The van der Waals surface area contributed by atoms with Crippen LogP contribution in [-0.2, 0) is 11.2 Å². The van der Waals surface area contributed by atoms with E-state index >= 15 is 0 Å². The van der Waals surface area contributed by atoms with Crippen LogP contribution < -0.4 is 5.43 Å². The first kappa shape index (κ1) is 15.6. The highest BCUT2D eigenvalue weighted by Crippen LogP contribution is 2.26. The molecule has 2 aromatic heterocycles. The van der Waals surface area contributed by atoms with E-state index in [4.69, 9.17) is 0 Å². The molecule has 0 fully saturated rings. The summed E-state index contributed by atoms with van der Waals surface area (Å²) >= 11 is 3.12. The van der Waals surface area contributed by atoms with Gasteiger partial charge in [-0.3, -0.25) is 4.79 Å². The number of nitrogens with one attached hydrogen (secondary N) is 1. The molecule has 3 rings (SSSR count). The van der Waals surface area contributed by atoms with Gasteiger partial charge in [-0.25, -0.2) is 10.4 Å². The highest BCUT2D eigenvalue weighted by atomic mass is 32.1. The molecule has 1 N–H and O–H groups in total. The second-order valence-corrected chi connectivity index (χ2v) is 6.98. The second kappa shape index (κ2) is 7.30. The fourth-order valence-corrected chi connectivity index (χ4v) is 3.66. The average Bonchev–Trinajstić information content (AvgIpc) is 3.17. The molecular weight excluding hydrogens is 326 g/mol. The van der Waals surface area contributed by atoms with Gasteiger partial charge in [0.15, 0.2) is 0 Å². The fourth-order valence-electron chi connectivity index (χ4n) is 2.01. The molecule has 0 aliphatic carbocycles. The summed E-state index contributed by atoms with van der Waals surface area (Å²) in [5.41, 5.74) is 4.66. The van der Waals surface area contributed by atoms with Crippen molar-refractivity contribution >= 4 is 34.8 Å². The molecule has 1 amide bonds. The van der Waals surface area contributed by atoms with Crippen LogP contribution in [0.3, 0.4) is 0 Å².